The Hall–Kier alpha value is -2.95. The number of hydrogen-bond donors (Lipinski definition) is 3. The van der Waals surface area contributed by atoms with E-state index in [1.54, 1.807) is 17.0 Å². The number of nitrogens with zero attached hydrogens (tertiary/aromatic N) is 1. The molecule has 0 aromatic heterocycles. The lowest BCUT2D eigenvalue weighted by atomic mass is 9.76. The van der Waals surface area contributed by atoms with Crippen LogP contribution in [0.3, 0.4) is 0 Å². The monoisotopic (exact) mass is 488 g/mol. The second-order valence-corrected chi connectivity index (χ2v) is 9.05. The second kappa shape index (κ2) is 10.8. The van der Waals surface area contributed by atoms with Gasteiger partial charge in [-0.2, -0.15) is 0 Å². The molecule has 4 atom stereocenters. The summed E-state index contributed by atoms with van der Waals surface area (Å²) in [5.74, 6) is -0.665. The fourth-order valence-corrected chi connectivity index (χ4v) is 5.04. The molecule has 3 N–H and O–H groups in total. The van der Waals surface area contributed by atoms with Crippen molar-refractivity contribution >= 4 is 18.1 Å². The molecule has 10 heteroatoms. The lowest BCUT2D eigenvalue weighted by Gasteiger charge is -2.42. The van der Waals surface area contributed by atoms with Gasteiger partial charge in [-0.15, -0.1) is 0 Å². The van der Waals surface area contributed by atoms with Gasteiger partial charge in [-0.25, -0.2) is 0 Å². The van der Waals surface area contributed by atoms with E-state index in [9.17, 15) is 24.6 Å². The highest BCUT2D eigenvalue weighted by atomic mass is 16.5. The van der Waals surface area contributed by atoms with E-state index in [0.717, 1.165) is 19.3 Å². The molecule has 3 aliphatic rings. The van der Waals surface area contributed by atoms with Crippen LogP contribution in [0.5, 0.6) is 11.5 Å². The predicted molar refractivity (Wildman–Crippen MR) is 124 cm³/mol. The number of aliphatic hydroxyl groups is 2. The molecule has 190 valence electrons. The van der Waals surface area contributed by atoms with Crippen molar-refractivity contribution in [3.63, 3.8) is 0 Å². The van der Waals surface area contributed by atoms with Crippen LogP contribution in [-0.4, -0.2) is 92.0 Å². The quantitative estimate of drug-likeness (QED) is 0.403. The van der Waals surface area contributed by atoms with Crippen LogP contribution in [0.25, 0.3) is 0 Å². The lowest BCUT2D eigenvalue weighted by molar-refractivity contribution is -0.144. The molecule has 35 heavy (non-hydrogen) atoms. The van der Waals surface area contributed by atoms with Crippen LogP contribution in [0.1, 0.15) is 41.1 Å². The maximum atomic E-state index is 13.3. The van der Waals surface area contributed by atoms with Crippen molar-refractivity contribution in [3.05, 3.63) is 34.9 Å². The first-order valence-corrected chi connectivity index (χ1v) is 11.9. The van der Waals surface area contributed by atoms with Gasteiger partial charge in [0, 0.05) is 42.8 Å². The third-order valence-electron chi connectivity index (χ3n) is 7.04. The molecule has 1 heterocycles. The van der Waals surface area contributed by atoms with Crippen LogP contribution < -0.4 is 14.8 Å². The van der Waals surface area contributed by atoms with Crippen LogP contribution in [0, 0.1) is 5.92 Å². The first-order valence-electron chi connectivity index (χ1n) is 11.9. The number of methoxy groups -OCH3 is 2. The summed E-state index contributed by atoms with van der Waals surface area (Å²) in [6, 6.07) is 2.34. The number of fused-ring (bicyclic) bond motifs is 3. The second-order valence-electron chi connectivity index (χ2n) is 9.05. The molecule has 0 bridgehead atoms. The number of aliphatic hydroxyl groups excluding tert-OH is 2. The highest BCUT2D eigenvalue weighted by Crippen LogP contribution is 2.51. The Kier molecular flexibility index (Phi) is 7.73. The minimum absolute atomic E-state index is 0.0422. The summed E-state index contributed by atoms with van der Waals surface area (Å²) in [6.07, 6.45) is 2.82. The van der Waals surface area contributed by atoms with Gasteiger partial charge in [0.1, 0.15) is 18.5 Å². The third kappa shape index (κ3) is 4.65. The smallest absolute Gasteiger partial charge is 0.247 e. The zero-order valence-corrected chi connectivity index (χ0v) is 19.9. The summed E-state index contributed by atoms with van der Waals surface area (Å²) in [5.41, 5.74) is 1.19. The first-order chi connectivity index (χ1) is 16.9. The Morgan fingerprint density at radius 3 is 2.66 bits per heavy atom. The molecule has 1 aliphatic heterocycles. The number of amides is 2. The van der Waals surface area contributed by atoms with Crippen LogP contribution >= 0.6 is 0 Å². The normalized spacial score (nSPS) is 24.9. The molecule has 4 unspecified atom stereocenters. The van der Waals surface area contributed by atoms with Crippen molar-refractivity contribution in [3.8, 4) is 11.5 Å². The number of ether oxygens (including phenoxy) is 3. The maximum absolute atomic E-state index is 13.3. The van der Waals surface area contributed by atoms with Crippen LogP contribution in [0.2, 0.25) is 0 Å². The van der Waals surface area contributed by atoms with E-state index in [0.29, 0.717) is 34.5 Å². The lowest BCUT2D eigenvalue weighted by Crippen LogP contribution is -2.57. The largest absolute Gasteiger partial charge is 0.493 e. The molecule has 1 saturated carbocycles. The topological polar surface area (TPSA) is 135 Å². The number of hydrogen-bond acceptors (Lipinski definition) is 8. The number of nitrogens with one attached hydrogen (secondary N) is 1. The zero-order chi connectivity index (χ0) is 25.1. The molecule has 2 aliphatic carbocycles. The summed E-state index contributed by atoms with van der Waals surface area (Å²) >= 11 is 0. The number of rotatable bonds is 10. The number of carbonyl (C=O) groups is 3. The van der Waals surface area contributed by atoms with E-state index in [1.807, 2.05) is 0 Å². The van der Waals surface area contributed by atoms with Crippen LogP contribution in [0.15, 0.2) is 23.8 Å². The molecule has 0 spiro atoms. The van der Waals surface area contributed by atoms with Gasteiger partial charge in [0.15, 0.2) is 11.5 Å². The Labute approximate surface area is 203 Å². The Morgan fingerprint density at radius 2 is 2.06 bits per heavy atom. The first kappa shape index (κ1) is 25.2. The van der Waals surface area contributed by atoms with E-state index in [2.05, 4.69) is 5.32 Å². The Bertz CT molecular complexity index is 1010. The fourth-order valence-electron chi connectivity index (χ4n) is 5.04. The highest BCUT2D eigenvalue weighted by molar-refractivity contribution is 5.96. The third-order valence-corrected chi connectivity index (χ3v) is 7.04. The molecule has 0 saturated heterocycles. The van der Waals surface area contributed by atoms with Gasteiger partial charge in [0.2, 0.25) is 11.8 Å². The summed E-state index contributed by atoms with van der Waals surface area (Å²) < 4.78 is 16.8. The molecule has 10 nitrogen and oxygen atoms in total. The predicted octanol–water partition coefficient (Wildman–Crippen LogP) is 0.405. The summed E-state index contributed by atoms with van der Waals surface area (Å²) in [5, 5.41) is 23.4. The average molecular weight is 489 g/mol. The fraction of sp³-hybridized carbons (Fsp3) is 0.560. The van der Waals surface area contributed by atoms with E-state index in [4.69, 9.17) is 14.2 Å². The van der Waals surface area contributed by atoms with E-state index < -0.39 is 30.1 Å². The van der Waals surface area contributed by atoms with Gasteiger partial charge in [-0.3, -0.25) is 14.4 Å². The molecule has 4 rings (SSSR count). The van der Waals surface area contributed by atoms with Crippen molar-refractivity contribution in [1.29, 1.82) is 0 Å². The average Bonchev–Trinajstić information content (AvgIpc) is 3.22. The molecule has 1 aromatic rings. The number of aldehydes is 1. The van der Waals surface area contributed by atoms with Gasteiger partial charge in [0.25, 0.3) is 0 Å². The molecular weight excluding hydrogens is 456 g/mol. The van der Waals surface area contributed by atoms with Gasteiger partial charge in [-0.1, -0.05) is 6.42 Å². The molecule has 0 radical (unpaired) electrons. The van der Waals surface area contributed by atoms with Crippen LogP contribution in [0.4, 0.5) is 0 Å². The highest BCUT2D eigenvalue weighted by Gasteiger charge is 2.52. The molecule has 1 fully saturated rings. The van der Waals surface area contributed by atoms with E-state index in [1.165, 1.54) is 20.3 Å². The number of benzene rings is 1. The minimum Gasteiger partial charge on any atom is -0.493 e. The zero-order valence-electron chi connectivity index (χ0n) is 19.9. The van der Waals surface area contributed by atoms with Crippen molar-refractivity contribution in [1.82, 2.24) is 10.2 Å². The standard InChI is InChI=1S/C25H32N2O8/c1-33-9-7-27(25(32)15-4-3-5-15)18-12-17(24(31)26-6-8-28)20-16-10-14(13-29)11-19(34-2)22(16)35-23(20)21(18)30/h10-13,15,18,20-21,23,28,30H,3-9H2,1-2H3,(H,26,31). The van der Waals surface area contributed by atoms with Crippen molar-refractivity contribution in [2.45, 2.75) is 43.4 Å². The summed E-state index contributed by atoms with van der Waals surface area (Å²) in [4.78, 5) is 39.7. The molecule has 2 amide bonds. The van der Waals surface area contributed by atoms with Gasteiger partial charge < -0.3 is 34.6 Å². The van der Waals surface area contributed by atoms with E-state index in [-0.39, 0.29) is 38.1 Å². The maximum Gasteiger partial charge on any atom is 0.247 e. The van der Waals surface area contributed by atoms with Crippen molar-refractivity contribution in [2.75, 3.05) is 40.5 Å². The van der Waals surface area contributed by atoms with Gasteiger partial charge in [-0.05, 0) is 31.1 Å². The van der Waals surface area contributed by atoms with Crippen LogP contribution in [-0.2, 0) is 14.3 Å². The van der Waals surface area contributed by atoms with Crippen molar-refractivity contribution < 1.29 is 38.8 Å². The molecule has 1 aromatic carbocycles. The van der Waals surface area contributed by atoms with Gasteiger partial charge >= 0.3 is 0 Å². The van der Waals surface area contributed by atoms with E-state index >= 15 is 0 Å². The summed E-state index contributed by atoms with van der Waals surface area (Å²) in [6.45, 7) is 0.321. The van der Waals surface area contributed by atoms with Gasteiger partial charge in [0.05, 0.1) is 32.3 Å². The summed E-state index contributed by atoms with van der Waals surface area (Å²) in [7, 11) is 2.99. The Balaban J connectivity index is 1.78. The number of carbonyl (C=O) groups excluding carboxylic acids is 3. The minimum atomic E-state index is -1.15. The Morgan fingerprint density at radius 1 is 1.29 bits per heavy atom. The molecular formula is C25H32N2O8. The SMILES string of the molecule is COCCN(C(=O)C1CCC1)C1C=C(C(=O)NCCO)C2c3cc(C=O)cc(OC)c3OC2C1O. The van der Waals surface area contributed by atoms with Crippen molar-refractivity contribution in [2.24, 2.45) is 5.92 Å².